The summed E-state index contributed by atoms with van der Waals surface area (Å²) in [5, 5.41) is 11.3. The summed E-state index contributed by atoms with van der Waals surface area (Å²) in [5.74, 6) is -1.09. The summed E-state index contributed by atoms with van der Waals surface area (Å²) in [6.07, 6.45) is 0.466. The monoisotopic (exact) mass is 320 g/mol. The van der Waals surface area contributed by atoms with Gasteiger partial charge < -0.3 is 15.2 Å². The van der Waals surface area contributed by atoms with Crippen molar-refractivity contribution < 1.29 is 27.9 Å². The van der Waals surface area contributed by atoms with E-state index in [0.717, 1.165) is 0 Å². The minimum atomic E-state index is -3.00. The van der Waals surface area contributed by atoms with E-state index in [1.54, 1.807) is 6.92 Å². The van der Waals surface area contributed by atoms with Gasteiger partial charge in [0.25, 0.3) is 0 Å². The summed E-state index contributed by atoms with van der Waals surface area (Å²) in [6, 6.07) is -0.293. The Morgan fingerprint density at radius 3 is 2.62 bits per heavy atom. The lowest BCUT2D eigenvalue weighted by Crippen LogP contribution is -2.63. The highest BCUT2D eigenvalue weighted by molar-refractivity contribution is 7.91. The van der Waals surface area contributed by atoms with Crippen LogP contribution in [0.15, 0.2) is 0 Å². The molecule has 2 rings (SSSR count). The average molecular weight is 320 g/mol. The summed E-state index contributed by atoms with van der Waals surface area (Å²) >= 11 is 0. The van der Waals surface area contributed by atoms with Gasteiger partial charge in [0.15, 0.2) is 9.84 Å². The third kappa shape index (κ3) is 4.65. The number of nitrogens with zero attached hydrogens (tertiary/aromatic N) is 1. The van der Waals surface area contributed by atoms with Gasteiger partial charge in [0.05, 0.1) is 23.7 Å². The van der Waals surface area contributed by atoms with Crippen LogP contribution in [0.2, 0.25) is 0 Å². The molecule has 0 radical (unpaired) electrons. The Hall–Kier alpha value is -1.19. The van der Waals surface area contributed by atoms with Gasteiger partial charge in [0.1, 0.15) is 6.61 Å². The molecule has 8 nitrogen and oxygen atoms in total. The minimum absolute atomic E-state index is 0.0121. The summed E-state index contributed by atoms with van der Waals surface area (Å²) in [7, 11) is -3.00. The van der Waals surface area contributed by atoms with Crippen molar-refractivity contribution >= 4 is 21.7 Å². The van der Waals surface area contributed by atoms with Crippen molar-refractivity contribution in [3.8, 4) is 0 Å². The molecular formula is C12H20N2O6S. The summed E-state index contributed by atoms with van der Waals surface area (Å²) in [5.41, 5.74) is -0.532. The average Bonchev–Trinajstić information content (AvgIpc) is 2.64. The molecule has 9 heteroatoms. The molecule has 2 N–H and O–H groups in total. The van der Waals surface area contributed by atoms with E-state index in [9.17, 15) is 18.0 Å². The molecule has 0 aromatic heterocycles. The number of sulfone groups is 1. The first-order chi connectivity index (χ1) is 9.67. The number of carboxylic acid groups (broad SMARTS) is 1. The van der Waals surface area contributed by atoms with Crippen molar-refractivity contribution in [2.24, 2.45) is 0 Å². The topological polar surface area (TPSA) is 113 Å². The highest BCUT2D eigenvalue weighted by atomic mass is 32.2. The van der Waals surface area contributed by atoms with Gasteiger partial charge in [-0.15, -0.1) is 0 Å². The first kappa shape index (κ1) is 16.2. The predicted molar refractivity (Wildman–Crippen MR) is 73.6 cm³/mol. The number of carbonyl (C=O) groups is 2. The fraction of sp³-hybridized carbons (Fsp3) is 0.833. The predicted octanol–water partition coefficient (Wildman–Crippen LogP) is -1.53. The van der Waals surface area contributed by atoms with E-state index >= 15 is 0 Å². The number of hydrogen-bond acceptors (Lipinski definition) is 6. The molecule has 0 aliphatic carbocycles. The maximum absolute atomic E-state index is 11.8. The van der Waals surface area contributed by atoms with Crippen LogP contribution in [0, 0.1) is 0 Å². The molecule has 2 heterocycles. The van der Waals surface area contributed by atoms with E-state index in [-0.39, 0.29) is 36.6 Å². The normalized spacial score (nSPS) is 27.0. The van der Waals surface area contributed by atoms with Gasteiger partial charge in [-0.05, 0) is 13.3 Å². The first-order valence-electron chi connectivity index (χ1n) is 6.75. The fourth-order valence-corrected chi connectivity index (χ4v) is 4.40. The van der Waals surface area contributed by atoms with Crippen LogP contribution in [-0.4, -0.2) is 79.7 Å². The molecule has 0 spiro atoms. The molecule has 0 bridgehead atoms. The quantitative estimate of drug-likeness (QED) is 0.610. The Labute approximate surface area is 123 Å². The van der Waals surface area contributed by atoms with Crippen LogP contribution < -0.4 is 5.32 Å². The number of hydrogen-bond donors (Lipinski definition) is 2. The van der Waals surface area contributed by atoms with Crippen LogP contribution in [0.3, 0.4) is 0 Å². The lowest BCUT2D eigenvalue weighted by molar-refractivity contribution is -0.166. The number of likely N-dealkylation sites (tertiary alicyclic amines) is 1. The number of aliphatic carboxylic acids is 1. The maximum atomic E-state index is 11.8. The van der Waals surface area contributed by atoms with Gasteiger partial charge in [-0.2, -0.15) is 0 Å². The molecule has 1 atom stereocenters. The number of amides is 1. The third-order valence-corrected chi connectivity index (χ3v) is 5.39. The number of carbonyl (C=O) groups excluding carboxylic acids is 1. The van der Waals surface area contributed by atoms with E-state index in [4.69, 9.17) is 9.84 Å². The minimum Gasteiger partial charge on any atom is -0.480 e. The highest BCUT2D eigenvalue weighted by Crippen LogP contribution is 2.24. The molecule has 2 saturated heterocycles. The van der Waals surface area contributed by atoms with Crippen LogP contribution in [-0.2, 0) is 24.2 Å². The van der Waals surface area contributed by atoms with Crippen molar-refractivity contribution in [3.05, 3.63) is 0 Å². The van der Waals surface area contributed by atoms with Crippen LogP contribution >= 0.6 is 0 Å². The fourth-order valence-electron chi connectivity index (χ4n) is 2.72. The van der Waals surface area contributed by atoms with E-state index in [2.05, 4.69) is 5.32 Å². The second-order valence-corrected chi connectivity index (χ2v) is 8.17. The summed E-state index contributed by atoms with van der Waals surface area (Å²) in [4.78, 5) is 24.1. The number of ether oxygens (including phenoxy) is 1. The van der Waals surface area contributed by atoms with Gasteiger partial charge >= 0.3 is 5.97 Å². The standard InChI is InChI=1S/C12H20N2O6S/c1-12(20-5-11(16)17)7-14(8-12)4-10(15)13-9-2-3-21(18,19)6-9/h9H,2-8H2,1H3,(H,13,15)(H,16,17). The molecule has 1 unspecified atom stereocenters. The van der Waals surface area contributed by atoms with Crippen molar-refractivity contribution in [2.75, 3.05) is 37.7 Å². The summed E-state index contributed by atoms with van der Waals surface area (Å²) < 4.78 is 27.8. The van der Waals surface area contributed by atoms with Crippen molar-refractivity contribution in [2.45, 2.75) is 25.0 Å². The van der Waals surface area contributed by atoms with Gasteiger partial charge in [-0.3, -0.25) is 9.69 Å². The van der Waals surface area contributed by atoms with E-state index < -0.39 is 21.4 Å². The zero-order valence-corrected chi connectivity index (χ0v) is 12.7. The second kappa shape index (κ2) is 5.90. The van der Waals surface area contributed by atoms with Gasteiger partial charge in [0.2, 0.25) is 5.91 Å². The van der Waals surface area contributed by atoms with Crippen LogP contribution in [0.5, 0.6) is 0 Å². The molecular weight excluding hydrogens is 300 g/mol. The lowest BCUT2D eigenvalue weighted by Gasteiger charge is -2.47. The van der Waals surface area contributed by atoms with E-state index in [1.807, 2.05) is 4.90 Å². The largest absolute Gasteiger partial charge is 0.480 e. The van der Waals surface area contributed by atoms with Crippen molar-refractivity contribution in [1.82, 2.24) is 10.2 Å². The Morgan fingerprint density at radius 1 is 1.43 bits per heavy atom. The molecule has 2 aliphatic rings. The molecule has 0 aromatic rings. The number of nitrogens with one attached hydrogen (secondary N) is 1. The van der Waals surface area contributed by atoms with Crippen LogP contribution in [0.4, 0.5) is 0 Å². The molecule has 120 valence electrons. The second-order valence-electron chi connectivity index (χ2n) is 5.94. The highest BCUT2D eigenvalue weighted by Gasteiger charge is 2.41. The molecule has 21 heavy (non-hydrogen) atoms. The Bertz CT molecular complexity index is 526. The Balaban J connectivity index is 1.68. The van der Waals surface area contributed by atoms with E-state index in [0.29, 0.717) is 19.5 Å². The number of carboxylic acids is 1. The van der Waals surface area contributed by atoms with Crippen LogP contribution in [0.25, 0.3) is 0 Å². The number of rotatable bonds is 6. The SMILES string of the molecule is CC1(OCC(=O)O)CN(CC(=O)NC2CCS(=O)(=O)C2)C1. The molecule has 0 saturated carbocycles. The van der Waals surface area contributed by atoms with E-state index in [1.165, 1.54) is 0 Å². The molecule has 2 fully saturated rings. The maximum Gasteiger partial charge on any atom is 0.329 e. The van der Waals surface area contributed by atoms with Gasteiger partial charge in [-0.1, -0.05) is 0 Å². The van der Waals surface area contributed by atoms with Crippen molar-refractivity contribution in [3.63, 3.8) is 0 Å². The zero-order chi connectivity index (χ0) is 15.7. The molecule has 2 aliphatic heterocycles. The zero-order valence-electron chi connectivity index (χ0n) is 11.9. The molecule has 1 amide bonds. The third-order valence-electron chi connectivity index (χ3n) is 3.63. The first-order valence-corrected chi connectivity index (χ1v) is 8.57. The van der Waals surface area contributed by atoms with Gasteiger partial charge in [0, 0.05) is 19.1 Å². The summed E-state index contributed by atoms with van der Waals surface area (Å²) in [6.45, 7) is 2.58. The van der Waals surface area contributed by atoms with Crippen LogP contribution in [0.1, 0.15) is 13.3 Å². The van der Waals surface area contributed by atoms with Crippen molar-refractivity contribution in [1.29, 1.82) is 0 Å². The molecule has 0 aromatic carbocycles. The lowest BCUT2D eigenvalue weighted by atomic mass is 9.96. The Morgan fingerprint density at radius 2 is 2.10 bits per heavy atom. The Kier molecular flexibility index (Phi) is 4.54. The van der Waals surface area contributed by atoms with Gasteiger partial charge in [-0.25, -0.2) is 13.2 Å². The smallest absolute Gasteiger partial charge is 0.329 e.